The van der Waals surface area contributed by atoms with Crippen LogP contribution >= 0.6 is 0 Å². The molecule has 0 fully saturated rings. The molecular weight excluding hydrogens is 216 g/mol. The molecular formula is C18H28. The van der Waals surface area contributed by atoms with E-state index in [-0.39, 0.29) is 0 Å². The van der Waals surface area contributed by atoms with Crippen molar-refractivity contribution in [2.24, 2.45) is 0 Å². The van der Waals surface area contributed by atoms with Gasteiger partial charge in [0, 0.05) is 0 Å². The lowest BCUT2D eigenvalue weighted by Gasteiger charge is -2.17. The second-order valence-electron chi connectivity index (χ2n) is 5.79. The second kappa shape index (κ2) is 5.91. The Hall–Kier alpha value is -0.780. The van der Waals surface area contributed by atoms with Crippen LogP contribution in [0.2, 0.25) is 0 Å². The minimum Gasteiger partial charge on any atom is -0.0656 e. The summed E-state index contributed by atoms with van der Waals surface area (Å²) in [6.45, 7) is 8.95. The van der Waals surface area contributed by atoms with Crippen molar-refractivity contribution in [2.45, 2.75) is 79.1 Å². The van der Waals surface area contributed by atoms with E-state index in [4.69, 9.17) is 0 Å². The molecule has 0 spiro atoms. The third kappa shape index (κ3) is 2.22. The summed E-state index contributed by atoms with van der Waals surface area (Å²) >= 11 is 0. The van der Waals surface area contributed by atoms with Crippen LogP contribution in [0.5, 0.6) is 0 Å². The van der Waals surface area contributed by atoms with Gasteiger partial charge in [-0.25, -0.2) is 0 Å². The van der Waals surface area contributed by atoms with Crippen molar-refractivity contribution >= 4 is 0 Å². The predicted octanol–water partition coefficient (Wildman–Crippen LogP) is 4.95. The molecule has 100 valence electrons. The molecule has 0 aliphatic heterocycles. The molecule has 0 aromatic heterocycles. The summed E-state index contributed by atoms with van der Waals surface area (Å²) < 4.78 is 0. The van der Waals surface area contributed by atoms with Crippen LogP contribution in [0.4, 0.5) is 0 Å². The zero-order valence-corrected chi connectivity index (χ0v) is 12.7. The van der Waals surface area contributed by atoms with Crippen LogP contribution in [0.25, 0.3) is 0 Å². The first-order chi connectivity index (χ1) is 8.74. The van der Waals surface area contributed by atoms with Gasteiger partial charge in [-0.15, -0.1) is 0 Å². The number of fused-ring (bicyclic) bond motifs is 2. The van der Waals surface area contributed by atoms with Gasteiger partial charge in [0.1, 0.15) is 0 Å². The summed E-state index contributed by atoms with van der Waals surface area (Å²) in [6.07, 6.45) is 10.7. The fraction of sp³-hybridized carbons (Fsp3) is 0.667. The van der Waals surface area contributed by atoms with Crippen LogP contribution in [0.1, 0.15) is 73.4 Å². The molecule has 0 bridgehead atoms. The predicted molar refractivity (Wildman–Crippen MR) is 80.6 cm³/mol. The molecule has 0 N–H and O–H groups in total. The Bertz CT molecular complexity index is 391. The zero-order valence-electron chi connectivity index (χ0n) is 12.7. The van der Waals surface area contributed by atoms with Crippen LogP contribution < -0.4 is 0 Å². The number of rotatable bonds is 1. The van der Waals surface area contributed by atoms with Crippen molar-refractivity contribution in [3.05, 3.63) is 33.4 Å². The summed E-state index contributed by atoms with van der Waals surface area (Å²) in [5.41, 5.74) is 10.3. The standard InChI is InChI=1S/C15H20.C3H8/c1-3-11-14-8-4-6-12(14)10(2)13-7-5-9-15(11)13;1-3-2/h3-9H2,1-2H3;3H2,1-2H3. The molecule has 1 aromatic carbocycles. The molecule has 0 atom stereocenters. The third-order valence-electron chi connectivity index (χ3n) is 4.42. The van der Waals surface area contributed by atoms with Crippen molar-refractivity contribution in [1.82, 2.24) is 0 Å². The van der Waals surface area contributed by atoms with Gasteiger partial charge in [-0.05, 0) is 85.3 Å². The van der Waals surface area contributed by atoms with E-state index in [9.17, 15) is 0 Å². The fourth-order valence-corrected chi connectivity index (χ4v) is 3.77. The normalized spacial score (nSPS) is 16.0. The average Bonchev–Trinajstić information content (AvgIpc) is 2.99. The molecule has 0 radical (unpaired) electrons. The molecule has 3 rings (SSSR count). The van der Waals surface area contributed by atoms with E-state index < -0.39 is 0 Å². The van der Waals surface area contributed by atoms with E-state index in [1.807, 2.05) is 0 Å². The number of hydrogen-bond acceptors (Lipinski definition) is 0. The maximum absolute atomic E-state index is 2.37. The molecule has 0 saturated carbocycles. The largest absolute Gasteiger partial charge is 0.0656 e. The number of hydrogen-bond donors (Lipinski definition) is 0. The van der Waals surface area contributed by atoms with Crippen LogP contribution in [-0.2, 0) is 32.1 Å². The smallest absolute Gasteiger partial charge is 0.0270 e. The van der Waals surface area contributed by atoms with Crippen molar-refractivity contribution in [3.8, 4) is 0 Å². The van der Waals surface area contributed by atoms with Crippen LogP contribution in [-0.4, -0.2) is 0 Å². The maximum Gasteiger partial charge on any atom is -0.0270 e. The fourth-order valence-electron chi connectivity index (χ4n) is 3.77. The highest BCUT2D eigenvalue weighted by atomic mass is 14.3. The van der Waals surface area contributed by atoms with E-state index in [1.165, 1.54) is 51.4 Å². The van der Waals surface area contributed by atoms with Crippen molar-refractivity contribution < 1.29 is 0 Å². The SMILES string of the molecule is CCC.CCc1c2c(c(C)c3c1CCC3)CCC2. The molecule has 0 saturated heterocycles. The lowest BCUT2D eigenvalue weighted by Crippen LogP contribution is -2.03. The molecule has 0 unspecified atom stereocenters. The van der Waals surface area contributed by atoms with Crippen molar-refractivity contribution in [3.63, 3.8) is 0 Å². The Kier molecular flexibility index (Phi) is 4.48. The van der Waals surface area contributed by atoms with Crippen molar-refractivity contribution in [2.75, 3.05) is 0 Å². The van der Waals surface area contributed by atoms with Gasteiger partial charge >= 0.3 is 0 Å². The quantitative estimate of drug-likeness (QED) is 0.655. The minimum absolute atomic E-state index is 1.25. The van der Waals surface area contributed by atoms with Crippen molar-refractivity contribution in [1.29, 1.82) is 0 Å². The average molecular weight is 244 g/mol. The molecule has 18 heavy (non-hydrogen) atoms. The molecule has 1 aromatic rings. The monoisotopic (exact) mass is 244 g/mol. The van der Waals surface area contributed by atoms with E-state index in [0.717, 1.165) is 0 Å². The van der Waals surface area contributed by atoms with Gasteiger partial charge < -0.3 is 0 Å². The third-order valence-corrected chi connectivity index (χ3v) is 4.42. The van der Waals surface area contributed by atoms with Gasteiger partial charge in [0.2, 0.25) is 0 Å². The van der Waals surface area contributed by atoms with Gasteiger partial charge in [0.15, 0.2) is 0 Å². The molecule has 2 aliphatic rings. The minimum atomic E-state index is 1.25. The molecule has 0 heteroatoms. The number of benzene rings is 1. The van der Waals surface area contributed by atoms with Crippen LogP contribution in [0, 0.1) is 6.92 Å². The van der Waals surface area contributed by atoms with Crippen LogP contribution in [0.15, 0.2) is 0 Å². The van der Waals surface area contributed by atoms with Gasteiger partial charge in [-0.2, -0.15) is 0 Å². The lowest BCUT2D eigenvalue weighted by atomic mass is 9.89. The highest BCUT2D eigenvalue weighted by Crippen LogP contribution is 2.38. The molecule has 0 nitrogen and oxygen atoms in total. The first-order valence-electron chi connectivity index (χ1n) is 7.89. The Morgan fingerprint density at radius 1 is 0.722 bits per heavy atom. The van der Waals surface area contributed by atoms with Crippen LogP contribution in [0.3, 0.4) is 0 Å². The maximum atomic E-state index is 2.37. The Morgan fingerprint density at radius 3 is 1.50 bits per heavy atom. The first kappa shape index (κ1) is 13.6. The van der Waals surface area contributed by atoms with Gasteiger partial charge in [0.05, 0.1) is 0 Å². The summed E-state index contributed by atoms with van der Waals surface area (Å²) in [5, 5.41) is 0. The van der Waals surface area contributed by atoms with E-state index >= 15 is 0 Å². The highest BCUT2D eigenvalue weighted by Gasteiger charge is 2.25. The molecule has 0 amide bonds. The Labute approximate surface area is 113 Å². The second-order valence-corrected chi connectivity index (χ2v) is 5.79. The van der Waals surface area contributed by atoms with Gasteiger partial charge in [-0.3, -0.25) is 0 Å². The lowest BCUT2D eigenvalue weighted by molar-refractivity contribution is 0.882. The highest BCUT2D eigenvalue weighted by molar-refractivity contribution is 5.55. The Balaban J connectivity index is 0.000000367. The van der Waals surface area contributed by atoms with Gasteiger partial charge in [0.25, 0.3) is 0 Å². The summed E-state index contributed by atoms with van der Waals surface area (Å²) in [4.78, 5) is 0. The topological polar surface area (TPSA) is 0 Å². The summed E-state index contributed by atoms with van der Waals surface area (Å²) in [5.74, 6) is 0. The summed E-state index contributed by atoms with van der Waals surface area (Å²) in [6, 6.07) is 0. The van der Waals surface area contributed by atoms with E-state index in [0.29, 0.717) is 0 Å². The van der Waals surface area contributed by atoms with E-state index in [1.54, 1.807) is 33.4 Å². The molecule has 0 heterocycles. The Morgan fingerprint density at radius 2 is 1.11 bits per heavy atom. The van der Waals surface area contributed by atoms with Gasteiger partial charge in [-0.1, -0.05) is 27.2 Å². The molecule has 2 aliphatic carbocycles. The zero-order chi connectivity index (χ0) is 13.1. The summed E-state index contributed by atoms with van der Waals surface area (Å²) in [7, 11) is 0. The van der Waals surface area contributed by atoms with E-state index in [2.05, 4.69) is 27.7 Å². The first-order valence-corrected chi connectivity index (χ1v) is 7.89.